The maximum atomic E-state index is 10.7. The minimum Gasteiger partial charge on any atom is -0.297 e. The second-order valence-electron chi connectivity index (χ2n) is 2.98. The van der Waals surface area contributed by atoms with E-state index in [1.807, 2.05) is 0 Å². The van der Waals surface area contributed by atoms with E-state index in [1.165, 1.54) is 16.2 Å². The van der Waals surface area contributed by atoms with Crippen molar-refractivity contribution in [2.24, 2.45) is 0 Å². The number of aldehydes is 1. The molecule has 1 unspecified atom stereocenters. The van der Waals surface area contributed by atoms with Gasteiger partial charge in [0.1, 0.15) is 5.37 Å². The number of hydrogen-bond acceptors (Lipinski definition) is 5. The number of carbonyl (C=O) groups is 1. The molecule has 4 nitrogen and oxygen atoms in total. The first kappa shape index (κ1) is 10.4. The molecule has 1 aliphatic heterocycles. The van der Waals surface area contributed by atoms with E-state index in [2.05, 4.69) is 9.97 Å². The van der Waals surface area contributed by atoms with Crippen LogP contribution in [0.25, 0.3) is 0 Å². The highest BCUT2D eigenvalue weighted by molar-refractivity contribution is 8.04. The molecule has 6 heteroatoms. The lowest BCUT2D eigenvalue weighted by Crippen LogP contribution is -2.11. The van der Waals surface area contributed by atoms with Crippen molar-refractivity contribution in [1.29, 1.82) is 0 Å². The minimum absolute atomic E-state index is 0.166. The molecule has 0 N–H and O–H groups in total. The molecular weight excluding hydrogens is 234 g/mol. The van der Waals surface area contributed by atoms with Crippen LogP contribution in [0.3, 0.4) is 0 Å². The number of aromatic nitrogens is 2. The Morgan fingerprint density at radius 1 is 1.60 bits per heavy atom. The Kier molecular flexibility index (Phi) is 2.93. The third-order valence-corrected chi connectivity index (χ3v) is 3.95. The molecule has 0 amide bonds. The number of nitrogens with zero attached hydrogens (tertiary/aromatic N) is 3. The highest BCUT2D eigenvalue weighted by atomic mass is 35.5. The van der Waals surface area contributed by atoms with E-state index in [4.69, 9.17) is 11.8 Å². The first-order valence-corrected chi connectivity index (χ1v) is 5.49. The molecule has 0 spiro atoms. The van der Waals surface area contributed by atoms with Crippen molar-refractivity contribution in [1.82, 2.24) is 14.4 Å². The molecule has 0 radical (unpaired) electrons. The molecule has 0 saturated heterocycles. The average molecular weight is 242 g/mol. The molecule has 1 aliphatic rings. The lowest BCUT2D eigenvalue weighted by Gasteiger charge is -2.17. The lowest BCUT2D eigenvalue weighted by molar-refractivity contribution is -0.104. The van der Waals surface area contributed by atoms with Crippen LogP contribution >= 0.6 is 23.5 Å². The van der Waals surface area contributed by atoms with Crippen molar-refractivity contribution in [2.45, 2.75) is 12.3 Å². The Morgan fingerprint density at radius 2 is 2.40 bits per heavy atom. The Bertz CT molecular complexity index is 409. The summed E-state index contributed by atoms with van der Waals surface area (Å²) in [4.78, 5) is 19.5. The Morgan fingerprint density at radius 3 is 2.93 bits per heavy atom. The normalized spacial score (nSPS) is 20.9. The minimum atomic E-state index is -0.166. The first-order chi connectivity index (χ1) is 7.24. The van der Waals surface area contributed by atoms with Crippen LogP contribution in [-0.4, -0.2) is 20.7 Å². The van der Waals surface area contributed by atoms with E-state index in [-0.39, 0.29) is 5.37 Å². The third-order valence-electron chi connectivity index (χ3n) is 2.06. The summed E-state index contributed by atoms with van der Waals surface area (Å²) in [7, 11) is 0. The smallest absolute Gasteiger partial charge is 0.158 e. The van der Waals surface area contributed by atoms with E-state index in [9.17, 15) is 4.79 Å². The molecule has 0 fully saturated rings. The van der Waals surface area contributed by atoms with Crippen LogP contribution in [0.4, 0.5) is 0 Å². The van der Waals surface area contributed by atoms with E-state index in [1.54, 1.807) is 25.5 Å². The quantitative estimate of drug-likeness (QED) is 0.586. The Balaban J connectivity index is 2.27. The molecule has 1 aromatic heterocycles. The first-order valence-electron chi connectivity index (χ1n) is 4.27. The van der Waals surface area contributed by atoms with Gasteiger partial charge < -0.3 is 0 Å². The van der Waals surface area contributed by atoms with Gasteiger partial charge in [0, 0.05) is 29.9 Å². The Hall–Kier alpha value is -1.07. The zero-order valence-corrected chi connectivity index (χ0v) is 9.50. The summed E-state index contributed by atoms with van der Waals surface area (Å²) in [5.41, 5.74) is 1.50. The van der Waals surface area contributed by atoms with Gasteiger partial charge in [-0.3, -0.25) is 19.2 Å². The molecule has 0 aliphatic carbocycles. The zero-order chi connectivity index (χ0) is 10.8. The zero-order valence-electron chi connectivity index (χ0n) is 7.92. The van der Waals surface area contributed by atoms with E-state index in [0.29, 0.717) is 4.91 Å². The third kappa shape index (κ3) is 1.85. The number of allylic oxidation sites excluding steroid dienone is 2. The maximum absolute atomic E-state index is 10.7. The van der Waals surface area contributed by atoms with Crippen LogP contribution in [0.15, 0.2) is 29.2 Å². The highest BCUT2D eigenvalue weighted by Gasteiger charge is 2.31. The number of thioether (sulfide) groups is 1. The van der Waals surface area contributed by atoms with E-state index < -0.39 is 0 Å². The van der Waals surface area contributed by atoms with Crippen molar-refractivity contribution < 1.29 is 4.79 Å². The summed E-state index contributed by atoms with van der Waals surface area (Å²) in [5, 5.41) is -0.166. The molecule has 78 valence electrons. The van der Waals surface area contributed by atoms with Crippen LogP contribution in [-0.2, 0) is 4.79 Å². The molecule has 0 saturated carbocycles. The van der Waals surface area contributed by atoms with Gasteiger partial charge in [0.25, 0.3) is 0 Å². The summed E-state index contributed by atoms with van der Waals surface area (Å²) < 4.78 is 1.51. The summed E-state index contributed by atoms with van der Waals surface area (Å²) in [5.74, 6) is 0. The summed E-state index contributed by atoms with van der Waals surface area (Å²) in [6.07, 6.45) is 5.66. The van der Waals surface area contributed by atoms with Gasteiger partial charge in [-0.15, -0.1) is 0 Å². The van der Waals surface area contributed by atoms with Gasteiger partial charge in [-0.25, -0.2) is 0 Å². The predicted octanol–water partition coefficient (Wildman–Crippen LogP) is 2.11. The van der Waals surface area contributed by atoms with Crippen LogP contribution in [0.5, 0.6) is 0 Å². The SMILES string of the molecule is CC1=C(C=O)SC(c2cnccn2)N1Cl. The van der Waals surface area contributed by atoms with Crippen molar-refractivity contribution >= 4 is 29.8 Å². The van der Waals surface area contributed by atoms with Gasteiger partial charge in [-0.05, 0) is 6.92 Å². The van der Waals surface area contributed by atoms with Crippen molar-refractivity contribution in [3.63, 3.8) is 0 Å². The lowest BCUT2D eigenvalue weighted by atomic mass is 10.4. The van der Waals surface area contributed by atoms with Gasteiger partial charge in [0.15, 0.2) is 6.29 Å². The average Bonchev–Trinajstić information content (AvgIpc) is 2.57. The fraction of sp³-hybridized carbons (Fsp3) is 0.222. The summed E-state index contributed by atoms with van der Waals surface area (Å²) in [6.45, 7) is 1.81. The van der Waals surface area contributed by atoms with Gasteiger partial charge in [0.2, 0.25) is 0 Å². The number of rotatable bonds is 2. The molecule has 1 atom stereocenters. The molecule has 0 bridgehead atoms. The molecule has 2 heterocycles. The molecular formula is C9H8ClN3OS. The van der Waals surface area contributed by atoms with E-state index in [0.717, 1.165) is 17.7 Å². The monoisotopic (exact) mass is 241 g/mol. The summed E-state index contributed by atoms with van der Waals surface area (Å²) >= 11 is 7.45. The fourth-order valence-corrected chi connectivity index (χ4v) is 2.68. The van der Waals surface area contributed by atoms with Crippen LogP contribution in [0.1, 0.15) is 18.0 Å². The van der Waals surface area contributed by atoms with Crippen molar-refractivity contribution in [3.05, 3.63) is 34.9 Å². The second-order valence-corrected chi connectivity index (χ2v) is 4.47. The number of carbonyl (C=O) groups excluding carboxylic acids is 1. The maximum Gasteiger partial charge on any atom is 0.158 e. The summed E-state index contributed by atoms with van der Waals surface area (Å²) in [6, 6.07) is 0. The van der Waals surface area contributed by atoms with Crippen LogP contribution in [0.2, 0.25) is 0 Å². The van der Waals surface area contributed by atoms with Gasteiger partial charge in [0.05, 0.1) is 16.8 Å². The van der Waals surface area contributed by atoms with Crippen LogP contribution < -0.4 is 0 Å². The molecule has 0 aromatic carbocycles. The van der Waals surface area contributed by atoms with Gasteiger partial charge in [-0.1, -0.05) is 11.8 Å². The second kappa shape index (κ2) is 4.20. The van der Waals surface area contributed by atoms with Crippen molar-refractivity contribution in [3.8, 4) is 0 Å². The Labute approximate surface area is 96.5 Å². The van der Waals surface area contributed by atoms with Gasteiger partial charge >= 0.3 is 0 Å². The number of halogens is 1. The fourth-order valence-electron chi connectivity index (χ4n) is 1.26. The van der Waals surface area contributed by atoms with Gasteiger partial charge in [-0.2, -0.15) is 0 Å². The highest BCUT2D eigenvalue weighted by Crippen LogP contribution is 2.46. The topological polar surface area (TPSA) is 46.1 Å². The molecule has 2 rings (SSSR count). The van der Waals surface area contributed by atoms with Crippen LogP contribution in [0, 0.1) is 0 Å². The van der Waals surface area contributed by atoms with Crippen molar-refractivity contribution in [2.75, 3.05) is 0 Å². The van der Waals surface area contributed by atoms with E-state index >= 15 is 0 Å². The largest absolute Gasteiger partial charge is 0.297 e. The molecule has 1 aromatic rings. The predicted molar refractivity (Wildman–Crippen MR) is 58.8 cm³/mol. The number of hydrogen-bond donors (Lipinski definition) is 0. The standard InChI is InChI=1S/C9H8ClN3OS/c1-6-8(5-14)15-9(13(6)10)7-4-11-2-3-12-7/h2-5,9H,1H3. The molecule has 15 heavy (non-hydrogen) atoms.